The van der Waals surface area contributed by atoms with Crippen molar-refractivity contribution in [3.8, 4) is 5.75 Å². The molecule has 1 heterocycles. The first-order valence-corrected chi connectivity index (χ1v) is 6.45. The third-order valence-corrected chi connectivity index (χ3v) is 2.00. The fourth-order valence-corrected chi connectivity index (χ4v) is 1.31. The van der Waals surface area contributed by atoms with Crippen molar-refractivity contribution in [3.05, 3.63) is 23.9 Å². The van der Waals surface area contributed by atoms with Gasteiger partial charge in [-0.25, -0.2) is 0 Å². The number of nitrogens with zero attached hydrogens (tertiary/aromatic N) is 1. The van der Waals surface area contributed by atoms with E-state index in [1.807, 2.05) is 13.8 Å². The first-order chi connectivity index (χ1) is 9.13. The van der Waals surface area contributed by atoms with E-state index in [1.165, 1.54) is 6.42 Å². The summed E-state index contributed by atoms with van der Waals surface area (Å²) in [5.74, 6) is 0.117. The predicted molar refractivity (Wildman–Crippen MR) is 78.5 cm³/mol. The number of rotatable bonds is 2. The van der Waals surface area contributed by atoms with Crippen LogP contribution >= 0.6 is 0 Å². The number of amides is 1. The zero-order valence-corrected chi connectivity index (χ0v) is 12.3. The monoisotopic (exact) mass is 265 g/mol. The van der Waals surface area contributed by atoms with Crippen LogP contribution in [0.2, 0.25) is 0 Å². The van der Waals surface area contributed by atoms with Crippen LogP contribution in [0.5, 0.6) is 5.75 Å². The number of hydrogen-bond donors (Lipinski definition) is 2. The van der Waals surface area contributed by atoms with Gasteiger partial charge in [-0.3, -0.25) is 9.89 Å². The molecule has 0 atom stereocenters. The Kier molecular flexibility index (Phi) is 8.00. The van der Waals surface area contributed by atoms with Gasteiger partial charge in [-0.1, -0.05) is 34.1 Å². The van der Waals surface area contributed by atoms with Crippen molar-refractivity contribution in [2.24, 2.45) is 5.73 Å². The number of aromatic amines is 1. The summed E-state index contributed by atoms with van der Waals surface area (Å²) in [6, 6.07) is 5.29. The number of ether oxygens (including phenoxy) is 1. The molecule has 5 heteroatoms. The maximum Gasteiger partial charge on any atom is 0.269 e. The van der Waals surface area contributed by atoms with E-state index in [0.717, 1.165) is 5.52 Å². The summed E-state index contributed by atoms with van der Waals surface area (Å²) >= 11 is 0. The highest BCUT2D eigenvalue weighted by Crippen LogP contribution is 2.21. The van der Waals surface area contributed by atoms with Gasteiger partial charge in [0.1, 0.15) is 5.75 Å². The van der Waals surface area contributed by atoms with E-state index in [-0.39, 0.29) is 5.69 Å². The van der Waals surface area contributed by atoms with Gasteiger partial charge < -0.3 is 10.5 Å². The molecule has 106 valence electrons. The maximum atomic E-state index is 11.0. The topological polar surface area (TPSA) is 81.0 Å². The van der Waals surface area contributed by atoms with Crippen molar-refractivity contribution in [1.82, 2.24) is 10.2 Å². The summed E-state index contributed by atoms with van der Waals surface area (Å²) in [6.45, 7) is 8.25. The van der Waals surface area contributed by atoms with E-state index in [2.05, 4.69) is 24.0 Å². The number of nitrogens with two attached hydrogens (primary N) is 1. The molecule has 5 nitrogen and oxygen atoms in total. The van der Waals surface area contributed by atoms with Gasteiger partial charge in [0.2, 0.25) is 0 Å². The van der Waals surface area contributed by atoms with Crippen LogP contribution in [0.4, 0.5) is 0 Å². The Hall–Kier alpha value is -2.04. The molecule has 1 amide bonds. The minimum absolute atomic E-state index is 0.235. The zero-order chi connectivity index (χ0) is 14.8. The molecule has 2 rings (SSSR count). The molecule has 0 bridgehead atoms. The Bertz CT molecular complexity index is 506. The second-order valence-corrected chi connectivity index (χ2v) is 3.56. The van der Waals surface area contributed by atoms with E-state index in [9.17, 15) is 4.79 Å². The van der Waals surface area contributed by atoms with Gasteiger partial charge in [0.25, 0.3) is 5.91 Å². The Morgan fingerprint density at radius 2 is 1.95 bits per heavy atom. The minimum Gasteiger partial charge on any atom is -0.497 e. The van der Waals surface area contributed by atoms with Crippen molar-refractivity contribution >= 4 is 16.8 Å². The molecule has 2 aromatic rings. The maximum absolute atomic E-state index is 11.0. The van der Waals surface area contributed by atoms with Crippen LogP contribution in [-0.2, 0) is 0 Å². The summed E-state index contributed by atoms with van der Waals surface area (Å²) in [4.78, 5) is 11.0. The van der Waals surface area contributed by atoms with Crippen LogP contribution in [0, 0.1) is 0 Å². The largest absolute Gasteiger partial charge is 0.497 e. The van der Waals surface area contributed by atoms with Crippen LogP contribution < -0.4 is 10.5 Å². The molecular weight excluding hydrogens is 242 g/mol. The van der Waals surface area contributed by atoms with Crippen molar-refractivity contribution in [2.75, 3.05) is 7.11 Å². The molecule has 19 heavy (non-hydrogen) atoms. The normalized spacial score (nSPS) is 8.89. The standard InChI is InChI=1S/C9H9N3O2.C3H8.C2H6/c1-14-5-2-3-7-6(4-5)8(9(10)13)12-11-7;1-3-2;1-2/h2-4H,1H3,(H2,10,13)(H,11,12);3H2,1-2H3;1-2H3. The number of aromatic nitrogens is 2. The van der Waals surface area contributed by atoms with Crippen molar-refractivity contribution < 1.29 is 9.53 Å². The quantitative estimate of drug-likeness (QED) is 0.875. The van der Waals surface area contributed by atoms with Gasteiger partial charge in [0, 0.05) is 5.39 Å². The third kappa shape index (κ3) is 4.62. The molecule has 0 aliphatic carbocycles. The van der Waals surface area contributed by atoms with Crippen molar-refractivity contribution in [1.29, 1.82) is 0 Å². The van der Waals surface area contributed by atoms with E-state index < -0.39 is 5.91 Å². The number of nitrogens with one attached hydrogen (secondary N) is 1. The smallest absolute Gasteiger partial charge is 0.269 e. The molecule has 1 aromatic carbocycles. The molecule has 0 saturated heterocycles. The van der Waals surface area contributed by atoms with Gasteiger partial charge in [0.05, 0.1) is 12.6 Å². The summed E-state index contributed by atoms with van der Waals surface area (Å²) in [7, 11) is 1.56. The van der Waals surface area contributed by atoms with Crippen LogP contribution in [0.15, 0.2) is 18.2 Å². The summed E-state index contributed by atoms with van der Waals surface area (Å²) in [6.07, 6.45) is 1.25. The Labute approximate surface area is 114 Å². The molecule has 0 radical (unpaired) electrons. The lowest BCUT2D eigenvalue weighted by atomic mass is 10.2. The number of benzene rings is 1. The molecule has 0 unspecified atom stereocenters. The number of hydrogen-bond acceptors (Lipinski definition) is 3. The Balaban J connectivity index is 0.000000573. The number of H-pyrrole nitrogens is 1. The minimum atomic E-state index is -0.551. The summed E-state index contributed by atoms with van der Waals surface area (Å²) in [5.41, 5.74) is 6.15. The molecule has 0 spiro atoms. The molecule has 0 fully saturated rings. The molecule has 0 aliphatic heterocycles. The first kappa shape index (κ1) is 17.0. The zero-order valence-electron chi connectivity index (χ0n) is 12.3. The average Bonchev–Trinajstić information content (AvgIpc) is 2.84. The average molecular weight is 265 g/mol. The van der Waals surface area contributed by atoms with Gasteiger partial charge in [-0.05, 0) is 18.2 Å². The SMILES string of the molecule is CC.CCC.COc1ccc2[nH]nc(C(N)=O)c2c1. The van der Waals surface area contributed by atoms with Gasteiger partial charge >= 0.3 is 0 Å². The molecule has 1 aromatic heterocycles. The van der Waals surface area contributed by atoms with E-state index in [4.69, 9.17) is 10.5 Å². The second kappa shape index (κ2) is 8.97. The third-order valence-electron chi connectivity index (χ3n) is 2.00. The van der Waals surface area contributed by atoms with E-state index >= 15 is 0 Å². The number of carbonyl (C=O) groups excluding carboxylic acids is 1. The van der Waals surface area contributed by atoms with Crippen molar-refractivity contribution in [2.45, 2.75) is 34.1 Å². The van der Waals surface area contributed by atoms with Crippen LogP contribution in [0.3, 0.4) is 0 Å². The molecule has 3 N–H and O–H groups in total. The molecule has 0 saturated carbocycles. The highest BCUT2D eigenvalue weighted by molar-refractivity contribution is 6.04. The summed E-state index contributed by atoms with van der Waals surface area (Å²) in [5, 5.41) is 7.21. The van der Waals surface area contributed by atoms with Crippen LogP contribution in [0.1, 0.15) is 44.6 Å². The Morgan fingerprint density at radius 3 is 2.42 bits per heavy atom. The van der Waals surface area contributed by atoms with Crippen LogP contribution in [-0.4, -0.2) is 23.2 Å². The Morgan fingerprint density at radius 1 is 1.37 bits per heavy atom. The van der Waals surface area contributed by atoms with E-state index in [0.29, 0.717) is 11.1 Å². The molecular formula is C14H23N3O2. The van der Waals surface area contributed by atoms with Gasteiger partial charge in [-0.2, -0.15) is 5.10 Å². The predicted octanol–water partition coefficient (Wildman–Crippen LogP) is 3.11. The first-order valence-electron chi connectivity index (χ1n) is 6.45. The van der Waals surface area contributed by atoms with Gasteiger partial charge in [-0.15, -0.1) is 0 Å². The fourth-order valence-electron chi connectivity index (χ4n) is 1.31. The lowest BCUT2D eigenvalue weighted by molar-refractivity contribution is 0.0997. The van der Waals surface area contributed by atoms with E-state index in [1.54, 1.807) is 25.3 Å². The highest BCUT2D eigenvalue weighted by atomic mass is 16.5. The lowest BCUT2D eigenvalue weighted by Gasteiger charge is -1.98. The number of carbonyl (C=O) groups is 1. The molecule has 0 aliphatic rings. The van der Waals surface area contributed by atoms with Crippen LogP contribution in [0.25, 0.3) is 10.9 Å². The number of fused-ring (bicyclic) bond motifs is 1. The summed E-state index contributed by atoms with van der Waals surface area (Å²) < 4.78 is 5.03. The highest BCUT2D eigenvalue weighted by Gasteiger charge is 2.10. The lowest BCUT2D eigenvalue weighted by Crippen LogP contribution is -2.11. The fraction of sp³-hybridized carbons (Fsp3) is 0.429. The van der Waals surface area contributed by atoms with Gasteiger partial charge in [0.15, 0.2) is 5.69 Å². The number of methoxy groups -OCH3 is 1. The second-order valence-electron chi connectivity index (χ2n) is 3.56. The number of primary amides is 1. The van der Waals surface area contributed by atoms with Crippen molar-refractivity contribution in [3.63, 3.8) is 0 Å².